The van der Waals surface area contributed by atoms with Gasteiger partial charge in [0, 0.05) is 11.6 Å². The van der Waals surface area contributed by atoms with Crippen molar-refractivity contribution in [1.82, 2.24) is 15.4 Å². The lowest BCUT2D eigenvalue weighted by Gasteiger charge is -2.14. The number of unbranched alkanes of at least 4 members (excludes halogenated alkanes) is 1. The van der Waals surface area contributed by atoms with Crippen LogP contribution in [0.15, 0.2) is 36.4 Å². The Morgan fingerprint density at radius 1 is 0.889 bits per heavy atom. The fraction of sp³-hybridized carbons (Fsp3) is 0.333. The van der Waals surface area contributed by atoms with E-state index in [2.05, 4.69) is 46.6 Å². The minimum atomic E-state index is 0.579. The molecule has 3 rings (SSSR count). The molecule has 1 N–H and O–H groups in total. The largest absolute Gasteiger partial charge is 0.497 e. The van der Waals surface area contributed by atoms with Gasteiger partial charge in [-0.05, 0) is 24.5 Å². The number of hydrogen-bond donors (Lipinski definition) is 1. The van der Waals surface area contributed by atoms with Crippen molar-refractivity contribution in [2.75, 3.05) is 21.3 Å². The van der Waals surface area contributed by atoms with Crippen LogP contribution in [0, 0.1) is 0 Å². The van der Waals surface area contributed by atoms with Crippen molar-refractivity contribution in [3.8, 4) is 39.8 Å². The summed E-state index contributed by atoms with van der Waals surface area (Å²) in [4.78, 5) is 0. The van der Waals surface area contributed by atoms with E-state index in [0.717, 1.165) is 23.2 Å². The molecule has 3 aromatic rings. The maximum absolute atomic E-state index is 5.58. The molecule has 0 saturated heterocycles. The Balaban J connectivity index is 2.05. The molecule has 0 aliphatic carbocycles. The second-order valence-electron chi connectivity index (χ2n) is 6.23. The van der Waals surface area contributed by atoms with E-state index in [1.54, 1.807) is 27.4 Å². The Bertz CT molecular complexity index is 888. The second-order valence-corrected chi connectivity index (χ2v) is 6.23. The Kier molecular flexibility index (Phi) is 5.96. The molecule has 0 fully saturated rings. The first-order chi connectivity index (χ1) is 13.2. The lowest BCUT2D eigenvalue weighted by Crippen LogP contribution is -1.96. The number of aromatic amines is 1. The molecule has 2 aromatic carbocycles. The van der Waals surface area contributed by atoms with Gasteiger partial charge in [-0.1, -0.05) is 37.6 Å². The minimum absolute atomic E-state index is 0.579. The van der Waals surface area contributed by atoms with Crippen molar-refractivity contribution in [2.24, 2.45) is 0 Å². The van der Waals surface area contributed by atoms with Crippen molar-refractivity contribution in [1.29, 1.82) is 0 Å². The summed E-state index contributed by atoms with van der Waals surface area (Å²) >= 11 is 0. The Hall–Kier alpha value is -3.02. The highest BCUT2D eigenvalue weighted by molar-refractivity contribution is 5.83. The van der Waals surface area contributed by atoms with E-state index >= 15 is 0 Å². The molecular formula is C21H25N3O3. The quantitative estimate of drug-likeness (QED) is 0.634. The Labute approximate surface area is 159 Å². The topological polar surface area (TPSA) is 69.3 Å². The maximum Gasteiger partial charge on any atom is 0.170 e. The van der Waals surface area contributed by atoms with Crippen LogP contribution in [0.3, 0.4) is 0 Å². The van der Waals surface area contributed by atoms with E-state index in [1.165, 1.54) is 18.4 Å². The van der Waals surface area contributed by atoms with E-state index in [9.17, 15) is 0 Å². The van der Waals surface area contributed by atoms with Crippen LogP contribution in [0.4, 0.5) is 0 Å². The van der Waals surface area contributed by atoms with Crippen molar-refractivity contribution < 1.29 is 14.2 Å². The minimum Gasteiger partial charge on any atom is -0.497 e. The molecule has 0 saturated carbocycles. The van der Waals surface area contributed by atoms with Crippen LogP contribution in [0.5, 0.6) is 17.2 Å². The highest BCUT2D eigenvalue weighted by atomic mass is 16.5. The van der Waals surface area contributed by atoms with E-state index in [1.807, 2.05) is 6.07 Å². The summed E-state index contributed by atoms with van der Waals surface area (Å²) in [5, 5.41) is 11.5. The number of rotatable bonds is 8. The van der Waals surface area contributed by atoms with Gasteiger partial charge in [-0.15, -0.1) is 0 Å². The van der Waals surface area contributed by atoms with Gasteiger partial charge in [-0.3, -0.25) is 0 Å². The highest BCUT2D eigenvalue weighted by Crippen LogP contribution is 2.43. The van der Waals surface area contributed by atoms with Crippen LogP contribution in [-0.2, 0) is 6.42 Å². The van der Waals surface area contributed by atoms with Gasteiger partial charge >= 0.3 is 0 Å². The van der Waals surface area contributed by atoms with Gasteiger partial charge in [0.1, 0.15) is 17.1 Å². The SMILES string of the molecule is CCCCc1ccc(-c2n[nH]nc2-c2cc(OC)cc(OC)c2OC)cc1. The predicted molar refractivity (Wildman–Crippen MR) is 106 cm³/mol. The number of benzene rings is 2. The maximum atomic E-state index is 5.58. The molecule has 0 spiro atoms. The van der Waals surface area contributed by atoms with Gasteiger partial charge < -0.3 is 14.2 Å². The van der Waals surface area contributed by atoms with Crippen molar-refractivity contribution in [3.63, 3.8) is 0 Å². The van der Waals surface area contributed by atoms with Gasteiger partial charge in [0.05, 0.1) is 26.9 Å². The molecule has 27 heavy (non-hydrogen) atoms. The number of aromatic nitrogens is 3. The third-order valence-corrected chi connectivity index (χ3v) is 4.54. The predicted octanol–water partition coefficient (Wildman–Crippen LogP) is 4.51. The summed E-state index contributed by atoms with van der Waals surface area (Å²) in [5.41, 5.74) is 4.51. The first kappa shape index (κ1) is 18.8. The third-order valence-electron chi connectivity index (χ3n) is 4.54. The number of nitrogens with one attached hydrogen (secondary N) is 1. The highest BCUT2D eigenvalue weighted by Gasteiger charge is 2.21. The second kappa shape index (κ2) is 8.58. The average Bonchev–Trinajstić information content (AvgIpc) is 3.21. The number of hydrogen-bond acceptors (Lipinski definition) is 5. The van der Waals surface area contributed by atoms with Crippen LogP contribution in [0.25, 0.3) is 22.5 Å². The summed E-state index contributed by atoms with van der Waals surface area (Å²) in [7, 11) is 4.82. The molecule has 142 valence electrons. The molecule has 0 bridgehead atoms. The number of ether oxygens (including phenoxy) is 3. The molecular weight excluding hydrogens is 342 g/mol. The lowest BCUT2D eigenvalue weighted by molar-refractivity contribution is 0.350. The molecule has 6 heteroatoms. The smallest absolute Gasteiger partial charge is 0.170 e. The summed E-state index contributed by atoms with van der Waals surface area (Å²) in [5.74, 6) is 1.83. The molecule has 0 aliphatic heterocycles. The molecule has 0 aliphatic rings. The summed E-state index contributed by atoms with van der Waals surface area (Å²) in [6.07, 6.45) is 3.46. The number of methoxy groups -OCH3 is 3. The van der Waals surface area contributed by atoms with Crippen molar-refractivity contribution in [2.45, 2.75) is 26.2 Å². The van der Waals surface area contributed by atoms with Crippen LogP contribution >= 0.6 is 0 Å². The van der Waals surface area contributed by atoms with Crippen molar-refractivity contribution >= 4 is 0 Å². The molecule has 1 heterocycles. The number of aryl methyl sites for hydroxylation is 1. The zero-order chi connectivity index (χ0) is 19.2. The van der Waals surface area contributed by atoms with Gasteiger partial charge in [0.2, 0.25) is 0 Å². The third kappa shape index (κ3) is 3.89. The van der Waals surface area contributed by atoms with E-state index < -0.39 is 0 Å². The normalized spacial score (nSPS) is 10.7. The Morgan fingerprint density at radius 2 is 1.63 bits per heavy atom. The fourth-order valence-corrected chi connectivity index (χ4v) is 3.06. The first-order valence-electron chi connectivity index (χ1n) is 9.02. The number of H-pyrrole nitrogens is 1. The monoisotopic (exact) mass is 367 g/mol. The van der Waals surface area contributed by atoms with Crippen LogP contribution in [0.2, 0.25) is 0 Å². The summed E-state index contributed by atoms with van der Waals surface area (Å²) in [6.45, 7) is 2.20. The number of nitrogens with zero attached hydrogens (tertiary/aromatic N) is 2. The molecule has 1 aromatic heterocycles. The lowest BCUT2D eigenvalue weighted by atomic mass is 10.0. The van der Waals surface area contributed by atoms with Crippen molar-refractivity contribution in [3.05, 3.63) is 42.0 Å². The van der Waals surface area contributed by atoms with Crippen LogP contribution < -0.4 is 14.2 Å². The van der Waals surface area contributed by atoms with Gasteiger partial charge in [0.25, 0.3) is 0 Å². The molecule has 6 nitrogen and oxygen atoms in total. The fourth-order valence-electron chi connectivity index (χ4n) is 3.06. The zero-order valence-electron chi connectivity index (χ0n) is 16.2. The van der Waals surface area contributed by atoms with Gasteiger partial charge in [0.15, 0.2) is 11.5 Å². The zero-order valence-corrected chi connectivity index (χ0v) is 16.2. The van der Waals surface area contributed by atoms with E-state index in [0.29, 0.717) is 22.9 Å². The molecule has 0 amide bonds. The summed E-state index contributed by atoms with van der Waals surface area (Å²) in [6, 6.07) is 12.1. The van der Waals surface area contributed by atoms with Gasteiger partial charge in [-0.2, -0.15) is 15.4 Å². The standard InChI is InChI=1S/C21H25N3O3/c1-5-6-7-14-8-10-15(11-9-14)19-20(23-24-22-19)17-12-16(25-2)13-18(26-3)21(17)27-4/h8-13H,5-7H2,1-4H3,(H,22,23,24). The van der Waals surface area contributed by atoms with Crippen LogP contribution in [-0.4, -0.2) is 36.7 Å². The molecule has 0 radical (unpaired) electrons. The first-order valence-corrected chi connectivity index (χ1v) is 9.02. The molecule has 0 atom stereocenters. The van der Waals surface area contributed by atoms with E-state index in [-0.39, 0.29) is 0 Å². The Morgan fingerprint density at radius 3 is 2.26 bits per heavy atom. The van der Waals surface area contributed by atoms with E-state index in [4.69, 9.17) is 14.2 Å². The molecule has 0 unspecified atom stereocenters. The average molecular weight is 367 g/mol. The summed E-state index contributed by atoms with van der Waals surface area (Å²) < 4.78 is 16.4. The van der Waals surface area contributed by atoms with Crippen LogP contribution in [0.1, 0.15) is 25.3 Å². The van der Waals surface area contributed by atoms with Gasteiger partial charge in [-0.25, -0.2) is 0 Å².